The Balaban J connectivity index is 3.11. The Hall–Kier alpha value is -1.22. The number of ether oxygens (including phenoxy) is 2. The fourth-order valence-corrected chi connectivity index (χ4v) is 3.68. The van der Waals surface area contributed by atoms with E-state index in [9.17, 15) is 5.11 Å². The molecule has 1 unspecified atom stereocenters. The topological polar surface area (TPSA) is 38.7 Å². The van der Waals surface area contributed by atoms with Gasteiger partial charge in [-0.3, -0.25) is 0 Å². The monoisotopic (exact) mass is 322 g/mol. The zero-order valence-electron chi connectivity index (χ0n) is 16.1. The molecular weight excluding hydrogens is 288 g/mol. The van der Waals surface area contributed by atoms with E-state index in [1.807, 2.05) is 26.0 Å². The van der Waals surface area contributed by atoms with Crippen molar-refractivity contribution in [1.82, 2.24) is 0 Å². The molecule has 0 aliphatic heterocycles. The van der Waals surface area contributed by atoms with E-state index in [0.29, 0.717) is 18.3 Å². The van der Waals surface area contributed by atoms with Gasteiger partial charge in [-0.2, -0.15) is 0 Å². The Labute approximate surface area is 142 Å². The average Bonchev–Trinajstić information content (AvgIpc) is 2.37. The van der Waals surface area contributed by atoms with Gasteiger partial charge in [0.1, 0.15) is 0 Å². The first-order valence-electron chi connectivity index (χ1n) is 8.61. The van der Waals surface area contributed by atoms with Gasteiger partial charge in [0.05, 0.1) is 0 Å². The molecule has 1 aromatic carbocycles. The van der Waals surface area contributed by atoms with E-state index in [4.69, 9.17) is 9.47 Å². The van der Waals surface area contributed by atoms with Gasteiger partial charge >= 0.3 is 0 Å². The summed E-state index contributed by atoms with van der Waals surface area (Å²) in [5.74, 6) is 0.985. The third kappa shape index (κ3) is 5.42. The van der Waals surface area contributed by atoms with Crippen LogP contribution in [-0.2, 0) is 4.74 Å². The van der Waals surface area contributed by atoms with Gasteiger partial charge in [-0.1, -0.05) is 54.5 Å². The summed E-state index contributed by atoms with van der Waals surface area (Å²) in [6, 6.07) is 5.76. The summed E-state index contributed by atoms with van der Waals surface area (Å²) < 4.78 is 11.3. The fraction of sp³-hybridized carbons (Fsp3) is 0.700. The molecule has 0 spiro atoms. The minimum Gasteiger partial charge on any atom is -0.504 e. The van der Waals surface area contributed by atoms with Crippen LogP contribution in [0.25, 0.3) is 0 Å². The molecule has 0 aliphatic rings. The van der Waals surface area contributed by atoms with Crippen molar-refractivity contribution in [3.05, 3.63) is 23.8 Å². The van der Waals surface area contributed by atoms with Gasteiger partial charge in [-0.15, -0.1) is 0 Å². The molecule has 0 saturated heterocycles. The largest absolute Gasteiger partial charge is 0.504 e. The third-order valence-corrected chi connectivity index (χ3v) is 3.99. The Morgan fingerprint density at radius 2 is 1.57 bits per heavy atom. The number of phenolic OH excluding ortho intramolecular Hbond substituents is 1. The number of hydrogen-bond acceptors (Lipinski definition) is 3. The van der Waals surface area contributed by atoms with Crippen LogP contribution in [0.15, 0.2) is 18.2 Å². The van der Waals surface area contributed by atoms with E-state index in [-0.39, 0.29) is 22.9 Å². The van der Waals surface area contributed by atoms with Gasteiger partial charge < -0.3 is 14.6 Å². The minimum atomic E-state index is -0.322. The molecule has 0 bridgehead atoms. The van der Waals surface area contributed by atoms with E-state index in [1.165, 1.54) is 0 Å². The maximum atomic E-state index is 10.4. The molecule has 0 radical (unpaired) electrons. The van der Waals surface area contributed by atoms with E-state index < -0.39 is 0 Å². The highest BCUT2D eigenvalue weighted by Crippen LogP contribution is 2.48. The van der Waals surface area contributed by atoms with Crippen molar-refractivity contribution < 1.29 is 14.6 Å². The molecule has 0 heterocycles. The van der Waals surface area contributed by atoms with Gasteiger partial charge in [-0.05, 0) is 41.4 Å². The van der Waals surface area contributed by atoms with Crippen LogP contribution in [0.4, 0.5) is 0 Å². The molecule has 0 aliphatic carbocycles. The third-order valence-electron chi connectivity index (χ3n) is 3.99. The molecule has 1 aromatic rings. The second-order valence-corrected chi connectivity index (χ2v) is 8.30. The molecule has 132 valence electrons. The van der Waals surface area contributed by atoms with E-state index in [1.54, 1.807) is 0 Å². The summed E-state index contributed by atoms with van der Waals surface area (Å²) in [6.07, 6.45) is 0.416. The summed E-state index contributed by atoms with van der Waals surface area (Å²) in [7, 11) is 0. The van der Waals surface area contributed by atoms with Gasteiger partial charge in [0.2, 0.25) is 0 Å². The van der Waals surface area contributed by atoms with Crippen LogP contribution in [0.1, 0.15) is 73.3 Å². The van der Waals surface area contributed by atoms with Gasteiger partial charge in [-0.25, -0.2) is 0 Å². The van der Waals surface area contributed by atoms with Gasteiger partial charge in [0.25, 0.3) is 0 Å². The molecule has 0 fully saturated rings. The van der Waals surface area contributed by atoms with E-state index in [0.717, 1.165) is 12.0 Å². The van der Waals surface area contributed by atoms with E-state index >= 15 is 0 Å². The summed E-state index contributed by atoms with van der Waals surface area (Å²) >= 11 is 0. The summed E-state index contributed by atoms with van der Waals surface area (Å²) in [5, 5.41) is 10.4. The van der Waals surface area contributed by atoms with Crippen LogP contribution < -0.4 is 4.74 Å². The summed E-state index contributed by atoms with van der Waals surface area (Å²) in [4.78, 5) is 0. The number of benzene rings is 1. The lowest BCUT2D eigenvalue weighted by Crippen LogP contribution is -2.30. The molecule has 0 aromatic heterocycles. The Morgan fingerprint density at radius 3 is 1.96 bits per heavy atom. The molecular formula is C20H34O3. The highest BCUT2D eigenvalue weighted by Gasteiger charge is 2.36. The standard InChI is InChI=1S/C20H34O3/c1-9-17(22-10-2)23-16-12-11-14(13-15(16)21)18(19(3,4)5)20(6,7)8/h11-13,17-18,21H,9-10H2,1-8H3. The van der Waals surface area contributed by atoms with Crippen LogP contribution in [0.2, 0.25) is 0 Å². The zero-order chi connectivity index (χ0) is 17.8. The van der Waals surface area contributed by atoms with Crippen LogP contribution in [0, 0.1) is 10.8 Å². The average molecular weight is 322 g/mol. The normalized spacial score (nSPS) is 14.1. The van der Waals surface area contributed by atoms with Crippen molar-refractivity contribution in [2.24, 2.45) is 10.8 Å². The summed E-state index contributed by atoms with van der Waals surface area (Å²) in [6.45, 7) is 18.0. The molecule has 3 nitrogen and oxygen atoms in total. The number of rotatable bonds is 6. The van der Waals surface area contributed by atoms with Crippen molar-refractivity contribution >= 4 is 0 Å². The Morgan fingerprint density at radius 1 is 1.00 bits per heavy atom. The van der Waals surface area contributed by atoms with Crippen molar-refractivity contribution in [1.29, 1.82) is 0 Å². The van der Waals surface area contributed by atoms with Crippen molar-refractivity contribution in [2.75, 3.05) is 6.61 Å². The second-order valence-electron chi connectivity index (χ2n) is 8.30. The molecule has 1 N–H and O–H groups in total. The fourth-order valence-electron chi connectivity index (χ4n) is 3.68. The smallest absolute Gasteiger partial charge is 0.199 e. The Kier molecular flexibility index (Phi) is 6.52. The lowest BCUT2D eigenvalue weighted by atomic mass is 9.63. The minimum absolute atomic E-state index is 0.102. The predicted molar refractivity (Wildman–Crippen MR) is 96.1 cm³/mol. The van der Waals surface area contributed by atoms with Crippen LogP contribution in [0.3, 0.4) is 0 Å². The highest BCUT2D eigenvalue weighted by atomic mass is 16.7. The lowest BCUT2D eigenvalue weighted by molar-refractivity contribution is -0.0776. The number of hydrogen-bond donors (Lipinski definition) is 1. The first-order chi connectivity index (χ1) is 10.5. The van der Waals surface area contributed by atoms with Crippen molar-refractivity contribution in [3.63, 3.8) is 0 Å². The lowest BCUT2D eigenvalue weighted by Gasteiger charge is -2.41. The molecule has 23 heavy (non-hydrogen) atoms. The first-order valence-corrected chi connectivity index (χ1v) is 8.61. The second kappa shape index (κ2) is 7.57. The molecule has 0 amide bonds. The Bertz CT molecular complexity index is 481. The van der Waals surface area contributed by atoms with E-state index in [2.05, 4.69) is 47.6 Å². The van der Waals surface area contributed by atoms with Crippen LogP contribution in [0.5, 0.6) is 11.5 Å². The van der Waals surface area contributed by atoms with Crippen LogP contribution >= 0.6 is 0 Å². The number of phenols is 1. The van der Waals surface area contributed by atoms with Crippen molar-refractivity contribution in [3.8, 4) is 11.5 Å². The van der Waals surface area contributed by atoms with Crippen molar-refractivity contribution in [2.45, 2.75) is 74.0 Å². The first kappa shape index (κ1) is 19.8. The van der Waals surface area contributed by atoms with Gasteiger partial charge in [0, 0.05) is 13.0 Å². The quantitative estimate of drug-likeness (QED) is 0.681. The number of aromatic hydroxyl groups is 1. The van der Waals surface area contributed by atoms with Crippen LogP contribution in [-0.4, -0.2) is 18.0 Å². The highest BCUT2D eigenvalue weighted by molar-refractivity contribution is 5.43. The zero-order valence-corrected chi connectivity index (χ0v) is 16.1. The molecule has 1 atom stereocenters. The predicted octanol–water partition coefficient (Wildman–Crippen LogP) is 5.72. The van der Waals surface area contributed by atoms with Gasteiger partial charge in [0.15, 0.2) is 17.8 Å². The maximum absolute atomic E-state index is 10.4. The SMILES string of the molecule is CCOC(CC)Oc1ccc(C(C(C)(C)C)C(C)(C)C)cc1O. The summed E-state index contributed by atoms with van der Waals surface area (Å²) in [5.41, 5.74) is 1.34. The molecule has 0 saturated carbocycles. The molecule has 3 heteroatoms. The molecule has 1 rings (SSSR count). The maximum Gasteiger partial charge on any atom is 0.199 e.